The van der Waals surface area contributed by atoms with Crippen LogP contribution in [0.2, 0.25) is 0 Å². The Morgan fingerprint density at radius 1 is 1.00 bits per heavy atom. The van der Waals surface area contributed by atoms with Gasteiger partial charge in [-0.15, -0.1) is 0 Å². The number of rotatable bonds is 9. The van der Waals surface area contributed by atoms with Crippen LogP contribution < -0.4 is 10.1 Å². The largest absolute Gasteiger partial charge is 0.479 e. The summed E-state index contributed by atoms with van der Waals surface area (Å²) in [5.74, 6) is -0.250. The molecule has 0 saturated heterocycles. The van der Waals surface area contributed by atoms with Crippen molar-refractivity contribution in [2.24, 2.45) is 0 Å². The van der Waals surface area contributed by atoms with Crippen molar-refractivity contribution in [3.05, 3.63) is 94.4 Å². The van der Waals surface area contributed by atoms with E-state index >= 15 is 0 Å². The Morgan fingerprint density at radius 2 is 1.74 bits per heavy atom. The minimum absolute atomic E-state index is 0.113. The number of carbonyl (C=O) groups is 2. The normalized spacial score (nSPS) is 12.9. The lowest BCUT2D eigenvalue weighted by Crippen LogP contribution is -2.26. The van der Waals surface area contributed by atoms with Crippen LogP contribution in [0.15, 0.2) is 60.8 Å². The highest BCUT2D eigenvalue weighted by Gasteiger charge is 2.18. The number of pyridine rings is 1. The number of aryl methyl sites for hydroxylation is 1. The number of benzene rings is 2. The van der Waals surface area contributed by atoms with E-state index < -0.39 is 12.1 Å². The lowest BCUT2D eigenvalue weighted by Gasteiger charge is -2.16. The number of amides is 1. The summed E-state index contributed by atoms with van der Waals surface area (Å²) in [7, 11) is 0. The van der Waals surface area contributed by atoms with E-state index in [0.29, 0.717) is 23.8 Å². The van der Waals surface area contributed by atoms with E-state index in [9.17, 15) is 9.59 Å². The summed E-state index contributed by atoms with van der Waals surface area (Å²) in [6.45, 7) is 12.4. The van der Waals surface area contributed by atoms with Crippen LogP contribution in [0.1, 0.15) is 78.1 Å². The molecular formula is C31H35N3O4. The molecule has 198 valence electrons. The number of nitrogens with zero attached hydrogens (tertiary/aromatic N) is 2. The summed E-state index contributed by atoms with van der Waals surface area (Å²) in [4.78, 5) is 28.8. The molecular weight excluding hydrogens is 478 g/mol. The highest BCUT2D eigenvalue weighted by atomic mass is 16.5. The fourth-order valence-electron chi connectivity index (χ4n) is 4.58. The molecule has 2 N–H and O–H groups in total. The smallest absolute Gasteiger partial charge is 0.344 e. The predicted molar refractivity (Wildman–Crippen MR) is 149 cm³/mol. The van der Waals surface area contributed by atoms with Gasteiger partial charge in [-0.2, -0.15) is 0 Å². The van der Waals surface area contributed by atoms with Crippen LogP contribution in [-0.2, 0) is 11.3 Å². The van der Waals surface area contributed by atoms with Crippen molar-refractivity contribution in [2.75, 3.05) is 0 Å². The van der Waals surface area contributed by atoms with Gasteiger partial charge in [-0.1, -0.05) is 38.1 Å². The van der Waals surface area contributed by atoms with Crippen molar-refractivity contribution in [3.63, 3.8) is 0 Å². The molecule has 0 aliphatic heterocycles. The molecule has 38 heavy (non-hydrogen) atoms. The lowest BCUT2D eigenvalue weighted by molar-refractivity contribution is -0.144. The van der Waals surface area contributed by atoms with E-state index in [2.05, 4.69) is 47.8 Å². The molecule has 0 fully saturated rings. The summed E-state index contributed by atoms with van der Waals surface area (Å²) in [6, 6.07) is 17.4. The zero-order chi connectivity index (χ0) is 27.6. The maximum absolute atomic E-state index is 13.2. The summed E-state index contributed by atoms with van der Waals surface area (Å²) >= 11 is 0. The Kier molecular flexibility index (Phi) is 7.86. The van der Waals surface area contributed by atoms with E-state index in [1.54, 1.807) is 18.3 Å². The molecule has 4 aromatic rings. The van der Waals surface area contributed by atoms with Gasteiger partial charge >= 0.3 is 5.97 Å². The molecule has 1 amide bonds. The molecule has 4 rings (SSSR count). The fraction of sp³-hybridized carbons (Fsp3) is 0.323. The van der Waals surface area contributed by atoms with Gasteiger partial charge in [0, 0.05) is 34.4 Å². The van der Waals surface area contributed by atoms with Gasteiger partial charge in [-0.3, -0.25) is 9.78 Å². The second-order valence-electron chi connectivity index (χ2n) is 10.1. The number of hydrogen-bond acceptors (Lipinski definition) is 4. The minimum Gasteiger partial charge on any atom is -0.479 e. The Balaban J connectivity index is 1.56. The van der Waals surface area contributed by atoms with Crippen molar-refractivity contribution in [2.45, 2.75) is 66.2 Å². The highest BCUT2D eigenvalue weighted by molar-refractivity contribution is 5.99. The zero-order valence-corrected chi connectivity index (χ0v) is 22.8. The van der Waals surface area contributed by atoms with Crippen LogP contribution in [0.4, 0.5) is 0 Å². The Bertz CT molecular complexity index is 1490. The maximum atomic E-state index is 13.2. The molecule has 2 heterocycles. The summed E-state index contributed by atoms with van der Waals surface area (Å²) in [5.41, 5.74) is 6.87. The maximum Gasteiger partial charge on any atom is 0.344 e. The van der Waals surface area contributed by atoms with Gasteiger partial charge in [-0.25, -0.2) is 4.79 Å². The van der Waals surface area contributed by atoms with Gasteiger partial charge in [0.15, 0.2) is 6.10 Å². The lowest BCUT2D eigenvalue weighted by atomic mass is 9.98. The van der Waals surface area contributed by atoms with E-state index in [-0.39, 0.29) is 11.9 Å². The third kappa shape index (κ3) is 5.72. The van der Waals surface area contributed by atoms with E-state index in [1.807, 2.05) is 44.2 Å². The van der Waals surface area contributed by atoms with Crippen molar-refractivity contribution >= 4 is 22.8 Å². The van der Waals surface area contributed by atoms with E-state index in [4.69, 9.17) is 9.84 Å². The molecule has 7 nitrogen and oxygen atoms in total. The van der Waals surface area contributed by atoms with Crippen molar-refractivity contribution in [1.29, 1.82) is 0 Å². The summed E-state index contributed by atoms with van der Waals surface area (Å²) in [5, 5.41) is 13.3. The third-order valence-electron chi connectivity index (χ3n) is 7.09. The Morgan fingerprint density at radius 3 is 2.45 bits per heavy atom. The molecule has 0 saturated carbocycles. The third-order valence-corrected chi connectivity index (χ3v) is 7.09. The number of hydrogen-bond donors (Lipinski definition) is 2. The molecule has 2 atom stereocenters. The van der Waals surface area contributed by atoms with Crippen LogP contribution in [0.5, 0.6) is 5.75 Å². The second kappa shape index (κ2) is 11.1. The number of carboxylic acids is 1. The summed E-state index contributed by atoms with van der Waals surface area (Å²) < 4.78 is 7.66. The molecule has 2 aromatic heterocycles. The second-order valence-corrected chi connectivity index (χ2v) is 10.1. The minimum atomic E-state index is -1.02. The first-order valence-electron chi connectivity index (χ1n) is 12.9. The zero-order valence-electron chi connectivity index (χ0n) is 22.8. The fourth-order valence-corrected chi connectivity index (χ4v) is 4.58. The molecule has 0 bridgehead atoms. The number of fused-ring (bicyclic) bond motifs is 1. The highest BCUT2D eigenvalue weighted by Crippen LogP contribution is 2.28. The van der Waals surface area contributed by atoms with Crippen molar-refractivity contribution in [3.8, 4) is 5.75 Å². The topological polar surface area (TPSA) is 93.4 Å². The first-order valence-corrected chi connectivity index (χ1v) is 12.9. The molecule has 0 spiro atoms. The average molecular weight is 514 g/mol. The van der Waals surface area contributed by atoms with Crippen LogP contribution in [-0.4, -0.2) is 32.6 Å². The Hall–Kier alpha value is -4.13. The molecule has 7 heteroatoms. The SMILES string of the molecule is Cc1c(C)n(Cc2cc(O[C@@H](C)C(=O)O)ccn2)c2ccc(C(=O)N[C@@H](C)c3cccc(C(C)C)c3)cc12. The van der Waals surface area contributed by atoms with Crippen LogP contribution in [0, 0.1) is 13.8 Å². The van der Waals surface area contributed by atoms with E-state index in [0.717, 1.165) is 33.4 Å². The van der Waals surface area contributed by atoms with Crippen molar-refractivity contribution < 1.29 is 19.4 Å². The van der Waals surface area contributed by atoms with Crippen LogP contribution in [0.25, 0.3) is 10.9 Å². The van der Waals surface area contributed by atoms with Gasteiger partial charge in [0.2, 0.25) is 0 Å². The van der Waals surface area contributed by atoms with Gasteiger partial charge in [0.1, 0.15) is 5.75 Å². The quantitative estimate of drug-likeness (QED) is 0.279. The van der Waals surface area contributed by atoms with Gasteiger partial charge in [-0.05, 0) is 74.6 Å². The standard InChI is InChI=1S/C31H35N3O4/c1-18(2)23-8-7-9-24(14-23)20(4)33-30(35)25-10-11-29-28(15-25)19(3)21(5)34(29)17-26-16-27(12-13-32-26)38-22(6)31(36)37/h7-16,18,20,22H,17H2,1-6H3,(H,33,35)(H,36,37)/t20-,22-/m0/s1. The van der Waals surface area contributed by atoms with Gasteiger partial charge in [0.25, 0.3) is 5.91 Å². The van der Waals surface area contributed by atoms with Gasteiger partial charge in [0.05, 0.1) is 18.3 Å². The molecule has 0 unspecified atom stereocenters. The molecule has 2 aromatic carbocycles. The van der Waals surface area contributed by atoms with Gasteiger partial charge < -0.3 is 19.7 Å². The van der Waals surface area contributed by atoms with Crippen LogP contribution in [0.3, 0.4) is 0 Å². The number of aromatic nitrogens is 2. The molecule has 0 aliphatic carbocycles. The molecule has 0 aliphatic rings. The number of carboxylic acid groups (broad SMARTS) is 1. The summed E-state index contributed by atoms with van der Waals surface area (Å²) in [6.07, 6.45) is 0.668. The number of aliphatic carboxylic acids is 1. The number of ether oxygens (including phenoxy) is 1. The number of carbonyl (C=O) groups excluding carboxylic acids is 1. The van der Waals surface area contributed by atoms with Crippen molar-refractivity contribution in [1.82, 2.24) is 14.9 Å². The Labute approximate surface area is 223 Å². The number of nitrogens with one attached hydrogen (secondary N) is 1. The van der Waals surface area contributed by atoms with Crippen LogP contribution >= 0.6 is 0 Å². The van der Waals surface area contributed by atoms with E-state index in [1.165, 1.54) is 12.5 Å². The monoisotopic (exact) mass is 513 g/mol. The molecule has 0 radical (unpaired) electrons. The first-order chi connectivity index (χ1) is 18.0. The average Bonchev–Trinajstić information content (AvgIpc) is 3.13. The first kappa shape index (κ1) is 26.9. The predicted octanol–water partition coefficient (Wildman–Crippen LogP) is 6.17.